The topological polar surface area (TPSA) is 80.6 Å². The molecule has 0 amide bonds. The van der Waals surface area contributed by atoms with Crippen LogP contribution in [0.2, 0.25) is 0 Å². The Kier molecular flexibility index (Phi) is 4.43. The quantitative estimate of drug-likeness (QED) is 0.719. The first kappa shape index (κ1) is 18.3. The van der Waals surface area contributed by atoms with Crippen LogP contribution in [0, 0.1) is 11.3 Å². The molecule has 3 heterocycles. The van der Waals surface area contributed by atoms with Gasteiger partial charge in [0.2, 0.25) is 5.95 Å². The molecule has 0 saturated carbocycles. The molecule has 1 aromatic carbocycles. The third kappa shape index (κ3) is 3.39. The van der Waals surface area contributed by atoms with Gasteiger partial charge >= 0.3 is 6.18 Å². The zero-order chi connectivity index (χ0) is 19.9. The van der Waals surface area contributed by atoms with Crippen molar-refractivity contribution in [3.63, 3.8) is 0 Å². The lowest BCUT2D eigenvalue weighted by Gasteiger charge is -2.16. The fraction of sp³-hybridized carbons (Fsp3) is 0.316. The van der Waals surface area contributed by atoms with E-state index in [-0.39, 0.29) is 17.7 Å². The lowest BCUT2D eigenvalue weighted by molar-refractivity contribution is -0.137. The molecule has 1 aliphatic heterocycles. The Morgan fingerprint density at radius 2 is 2.18 bits per heavy atom. The molecule has 9 heteroatoms. The van der Waals surface area contributed by atoms with Crippen LogP contribution >= 0.6 is 0 Å². The summed E-state index contributed by atoms with van der Waals surface area (Å²) in [5.41, 5.74) is 0.236. The van der Waals surface area contributed by atoms with E-state index in [1.54, 1.807) is 18.2 Å². The van der Waals surface area contributed by atoms with Gasteiger partial charge < -0.3 is 15.2 Å². The van der Waals surface area contributed by atoms with Crippen LogP contribution in [0.25, 0.3) is 22.2 Å². The van der Waals surface area contributed by atoms with Gasteiger partial charge in [0, 0.05) is 41.4 Å². The fourth-order valence-electron chi connectivity index (χ4n) is 3.49. The number of H-pyrrole nitrogens is 1. The van der Waals surface area contributed by atoms with E-state index < -0.39 is 11.7 Å². The normalized spacial score (nSPS) is 17.8. The highest BCUT2D eigenvalue weighted by atomic mass is 19.4. The number of rotatable bonds is 3. The SMILES string of the molecule is CN1CC[C@H](Nc2ncc(C(F)(F)F)c(-c3c[nH]c4cc(C#N)ccc34)n2)C1. The Bertz CT molecular complexity index is 1070. The van der Waals surface area contributed by atoms with Crippen molar-refractivity contribution in [3.05, 3.63) is 41.7 Å². The average Bonchev–Trinajstić information content (AvgIpc) is 3.26. The van der Waals surface area contributed by atoms with Gasteiger partial charge in [0.05, 0.1) is 17.3 Å². The van der Waals surface area contributed by atoms with Gasteiger partial charge in [0.25, 0.3) is 0 Å². The third-order valence-electron chi connectivity index (χ3n) is 4.88. The van der Waals surface area contributed by atoms with E-state index in [0.29, 0.717) is 22.0 Å². The molecule has 3 aromatic rings. The van der Waals surface area contributed by atoms with Crippen LogP contribution in [-0.2, 0) is 6.18 Å². The van der Waals surface area contributed by atoms with Crippen molar-refractivity contribution in [2.24, 2.45) is 0 Å². The number of nitrogens with one attached hydrogen (secondary N) is 2. The van der Waals surface area contributed by atoms with E-state index in [2.05, 4.69) is 25.2 Å². The number of hydrogen-bond donors (Lipinski definition) is 2. The first-order valence-electron chi connectivity index (χ1n) is 8.76. The van der Waals surface area contributed by atoms with E-state index in [9.17, 15) is 13.2 Å². The molecule has 0 bridgehead atoms. The van der Waals surface area contributed by atoms with E-state index >= 15 is 0 Å². The fourth-order valence-corrected chi connectivity index (χ4v) is 3.49. The molecular formula is C19H17F3N6. The second-order valence-electron chi connectivity index (χ2n) is 6.92. The Morgan fingerprint density at radius 3 is 2.86 bits per heavy atom. The molecule has 4 rings (SSSR count). The number of likely N-dealkylation sites (tertiary alicyclic amines) is 1. The predicted octanol–water partition coefficient (Wildman–Crippen LogP) is 3.63. The standard InChI is InChI=1S/C19H17F3N6/c1-28-5-4-12(10-28)26-18-25-9-15(19(20,21)22)17(27-18)14-8-24-16-6-11(7-23)2-3-13(14)16/h2-3,6,8-9,12,24H,4-5,10H2,1H3,(H,25,26,27)/t12-/m0/s1. The summed E-state index contributed by atoms with van der Waals surface area (Å²) in [7, 11) is 1.99. The highest BCUT2D eigenvalue weighted by Crippen LogP contribution is 2.38. The molecule has 1 fully saturated rings. The highest BCUT2D eigenvalue weighted by Gasteiger charge is 2.36. The lowest BCUT2D eigenvalue weighted by atomic mass is 10.0. The average molecular weight is 386 g/mol. The molecule has 2 aromatic heterocycles. The summed E-state index contributed by atoms with van der Waals surface area (Å²) in [4.78, 5) is 13.2. The van der Waals surface area contributed by atoms with Gasteiger partial charge in [-0.25, -0.2) is 9.97 Å². The van der Waals surface area contributed by atoms with Crippen LogP contribution in [-0.4, -0.2) is 46.0 Å². The van der Waals surface area contributed by atoms with Crippen molar-refractivity contribution >= 4 is 16.9 Å². The summed E-state index contributed by atoms with van der Waals surface area (Å²) in [5, 5.41) is 12.7. The zero-order valence-electron chi connectivity index (χ0n) is 15.0. The maximum absolute atomic E-state index is 13.6. The number of alkyl halides is 3. The van der Waals surface area contributed by atoms with Gasteiger partial charge in [-0.3, -0.25) is 0 Å². The summed E-state index contributed by atoms with van der Waals surface area (Å²) in [5.74, 6) is 0.172. The Balaban J connectivity index is 1.79. The van der Waals surface area contributed by atoms with Gasteiger partial charge in [-0.2, -0.15) is 18.4 Å². The van der Waals surface area contributed by atoms with Crippen LogP contribution in [0.1, 0.15) is 17.5 Å². The van der Waals surface area contributed by atoms with Crippen molar-refractivity contribution < 1.29 is 13.2 Å². The number of halogens is 3. The predicted molar refractivity (Wildman–Crippen MR) is 98.6 cm³/mol. The number of anilines is 1. The van der Waals surface area contributed by atoms with Crippen LogP contribution in [0.15, 0.2) is 30.6 Å². The maximum atomic E-state index is 13.6. The number of likely N-dealkylation sites (N-methyl/N-ethyl adjacent to an activating group) is 1. The van der Waals surface area contributed by atoms with Crippen molar-refractivity contribution in [2.75, 3.05) is 25.5 Å². The Hall–Kier alpha value is -3.12. The molecule has 6 nitrogen and oxygen atoms in total. The van der Waals surface area contributed by atoms with Crippen molar-refractivity contribution in [1.82, 2.24) is 19.9 Å². The van der Waals surface area contributed by atoms with E-state index in [1.165, 1.54) is 6.20 Å². The zero-order valence-corrected chi connectivity index (χ0v) is 15.0. The molecule has 1 aliphatic rings. The van der Waals surface area contributed by atoms with E-state index in [1.807, 2.05) is 13.1 Å². The molecule has 1 saturated heterocycles. The number of aromatic nitrogens is 3. The molecule has 2 N–H and O–H groups in total. The van der Waals surface area contributed by atoms with Gasteiger partial charge in [0.1, 0.15) is 5.56 Å². The minimum Gasteiger partial charge on any atom is -0.360 e. The summed E-state index contributed by atoms with van der Waals surface area (Å²) in [6, 6.07) is 6.91. The van der Waals surface area contributed by atoms with Crippen LogP contribution in [0.4, 0.5) is 19.1 Å². The monoisotopic (exact) mass is 386 g/mol. The number of nitriles is 1. The van der Waals surface area contributed by atoms with Gasteiger partial charge in [-0.05, 0) is 32.1 Å². The number of benzene rings is 1. The van der Waals surface area contributed by atoms with Crippen molar-refractivity contribution in [3.8, 4) is 17.3 Å². The summed E-state index contributed by atoms with van der Waals surface area (Å²) in [6.07, 6.45) is -1.40. The molecule has 28 heavy (non-hydrogen) atoms. The number of fused-ring (bicyclic) bond motifs is 1. The summed E-state index contributed by atoms with van der Waals surface area (Å²) < 4.78 is 40.8. The maximum Gasteiger partial charge on any atom is 0.419 e. The minimum atomic E-state index is -4.59. The van der Waals surface area contributed by atoms with E-state index in [0.717, 1.165) is 25.7 Å². The molecule has 0 aliphatic carbocycles. The second kappa shape index (κ2) is 6.80. The van der Waals surface area contributed by atoms with Crippen molar-refractivity contribution in [1.29, 1.82) is 5.26 Å². The first-order chi connectivity index (χ1) is 13.3. The largest absolute Gasteiger partial charge is 0.419 e. The second-order valence-corrected chi connectivity index (χ2v) is 6.92. The molecule has 0 radical (unpaired) electrons. The van der Waals surface area contributed by atoms with Gasteiger partial charge in [0.15, 0.2) is 0 Å². The molecule has 0 spiro atoms. The highest BCUT2D eigenvalue weighted by molar-refractivity contribution is 5.96. The molecule has 1 atom stereocenters. The Morgan fingerprint density at radius 1 is 1.36 bits per heavy atom. The first-order valence-corrected chi connectivity index (χ1v) is 8.76. The minimum absolute atomic E-state index is 0.0933. The third-order valence-corrected chi connectivity index (χ3v) is 4.88. The number of aromatic amines is 1. The number of hydrogen-bond acceptors (Lipinski definition) is 5. The summed E-state index contributed by atoms with van der Waals surface area (Å²) >= 11 is 0. The van der Waals surface area contributed by atoms with Crippen molar-refractivity contribution in [2.45, 2.75) is 18.6 Å². The molecule has 144 valence electrons. The molecular weight excluding hydrogens is 369 g/mol. The van der Waals surface area contributed by atoms with Crippen LogP contribution < -0.4 is 5.32 Å². The summed E-state index contributed by atoms with van der Waals surface area (Å²) in [6.45, 7) is 1.69. The number of nitrogens with zero attached hydrogens (tertiary/aromatic N) is 4. The van der Waals surface area contributed by atoms with E-state index in [4.69, 9.17) is 5.26 Å². The smallest absolute Gasteiger partial charge is 0.360 e. The van der Waals surface area contributed by atoms with Crippen LogP contribution in [0.3, 0.4) is 0 Å². The molecule has 0 unspecified atom stereocenters. The van der Waals surface area contributed by atoms with Crippen LogP contribution in [0.5, 0.6) is 0 Å². The lowest BCUT2D eigenvalue weighted by Crippen LogP contribution is -2.25. The van der Waals surface area contributed by atoms with Gasteiger partial charge in [-0.1, -0.05) is 6.07 Å². The van der Waals surface area contributed by atoms with Gasteiger partial charge in [-0.15, -0.1) is 0 Å². The Labute approximate surface area is 159 Å².